The van der Waals surface area contributed by atoms with Crippen molar-refractivity contribution in [3.8, 4) is 5.75 Å². The van der Waals surface area contributed by atoms with Gasteiger partial charge in [-0.1, -0.05) is 31.0 Å². The van der Waals surface area contributed by atoms with Gasteiger partial charge < -0.3 is 10.1 Å². The number of hydrogen-bond acceptors (Lipinski definition) is 3. The molecule has 0 aromatic heterocycles. The lowest BCUT2D eigenvalue weighted by Gasteiger charge is -2.43. The third-order valence-corrected chi connectivity index (χ3v) is 5.08. The van der Waals surface area contributed by atoms with Gasteiger partial charge in [-0.05, 0) is 18.9 Å². The van der Waals surface area contributed by atoms with Crippen molar-refractivity contribution in [1.29, 1.82) is 0 Å². The highest BCUT2D eigenvalue weighted by Gasteiger charge is 2.41. The van der Waals surface area contributed by atoms with E-state index in [1.165, 1.54) is 37.8 Å². The van der Waals surface area contributed by atoms with E-state index in [1.807, 2.05) is 0 Å². The van der Waals surface area contributed by atoms with Gasteiger partial charge in [0, 0.05) is 30.7 Å². The molecule has 3 heteroatoms. The van der Waals surface area contributed by atoms with Crippen LogP contribution in [0, 0.1) is 0 Å². The van der Waals surface area contributed by atoms with Crippen LogP contribution in [0.1, 0.15) is 37.3 Å². The molecule has 1 aromatic rings. The number of nitrogens with zero attached hydrogens (tertiary/aromatic N) is 1. The number of hydrogen-bond donors (Lipinski definition) is 1. The summed E-state index contributed by atoms with van der Waals surface area (Å²) < 4.78 is 5.85. The molecule has 1 spiro atoms. The highest BCUT2D eigenvalue weighted by Crippen LogP contribution is 2.39. The molecule has 1 saturated heterocycles. The Morgan fingerprint density at radius 2 is 2.05 bits per heavy atom. The number of rotatable bonds is 1. The summed E-state index contributed by atoms with van der Waals surface area (Å²) in [5, 5.41) is 3.79. The van der Waals surface area contributed by atoms with Crippen LogP contribution in [0.25, 0.3) is 0 Å². The van der Waals surface area contributed by atoms with Crippen molar-refractivity contribution in [3.05, 3.63) is 29.8 Å². The summed E-state index contributed by atoms with van der Waals surface area (Å²) in [4.78, 5) is 2.65. The van der Waals surface area contributed by atoms with Crippen LogP contribution in [-0.4, -0.2) is 36.7 Å². The van der Waals surface area contributed by atoms with Crippen molar-refractivity contribution in [2.24, 2.45) is 0 Å². The molecule has 2 heterocycles. The minimum Gasteiger partial charge on any atom is -0.491 e. The van der Waals surface area contributed by atoms with Crippen molar-refractivity contribution in [2.75, 3.05) is 26.2 Å². The van der Waals surface area contributed by atoms with Crippen LogP contribution in [-0.2, 0) is 0 Å². The van der Waals surface area contributed by atoms with Gasteiger partial charge in [-0.15, -0.1) is 0 Å². The smallest absolute Gasteiger partial charge is 0.124 e. The van der Waals surface area contributed by atoms with Gasteiger partial charge >= 0.3 is 0 Å². The molecule has 19 heavy (non-hydrogen) atoms. The first-order chi connectivity index (χ1) is 9.36. The number of fused-ring (bicyclic) bond motifs is 1. The second kappa shape index (κ2) is 4.50. The molecule has 1 N–H and O–H groups in total. The Labute approximate surface area is 114 Å². The first-order valence-electron chi connectivity index (χ1n) is 7.57. The average Bonchev–Trinajstić information content (AvgIpc) is 3.06. The minimum absolute atomic E-state index is 0.399. The molecule has 1 aliphatic carbocycles. The number of ether oxygens (including phenoxy) is 1. The average molecular weight is 258 g/mol. The van der Waals surface area contributed by atoms with Crippen molar-refractivity contribution >= 4 is 0 Å². The Bertz CT molecular complexity index is 468. The molecule has 3 aliphatic rings. The molecule has 0 amide bonds. The molecule has 4 rings (SSSR count). The van der Waals surface area contributed by atoms with Crippen molar-refractivity contribution < 1.29 is 4.74 Å². The van der Waals surface area contributed by atoms with Gasteiger partial charge in [-0.3, -0.25) is 4.90 Å². The summed E-state index contributed by atoms with van der Waals surface area (Å²) in [5.74, 6) is 1.09. The molecule has 102 valence electrons. The molecular weight excluding hydrogens is 236 g/mol. The lowest BCUT2D eigenvalue weighted by Crippen LogP contribution is -2.59. The minimum atomic E-state index is 0.399. The number of piperazine rings is 1. The Kier molecular flexibility index (Phi) is 2.78. The van der Waals surface area contributed by atoms with Crippen molar-refractivity contribution in [1.82, 2.24) is 10.2 Å². The fraction of sp³-hybridized carbons (Fsp3) is 0.625. The Morgan fingerprint density at radius 1 is 1.21 bits per heavy atom. The molecule has 0 bridgehead atoms. The molecule has 2 fully saturated rings. The fourth-order valence-corrected chi connectivity index (χ4v) is 4.09. The Balaban J connectivity index is 1.57. The van der Waals surface area contributed by atoms with E-state index in [2.05, 4.69) is 34.5 Å². The van der Waals surface area contributed by atoms with Gasteiger partial charge in [0.15, 0.2) is 0 Å². The van der Waals surface area contributed by atoms with Crippen LogP contribution in [0.3, 0.4) is 0 Å². The summed E-state index contributed by atoms with van der Waals surface area (Å²) in [7, 11) is 0. The maximum atomic E-state index is 5.85. The number of para-hydroxylation sites is 1. The lowest BCUT2D eigenvalue weighted by molar-refractivity contribution is 0.0818. The van der Waals surface area contributed by atoms with Crippen molar-refractivity contribution in [3.63, 3.8) is 0 Å². The lowest BCUT2D eigenvalue weighted by atomic mass is 9.93. The van der Waals surface area contributed by atoms with Crippen LogP contribution in [0.2, 0.25) is 0 Å². The van der Waals surface area contributed by atoms with E-state index in [0.717, 1.165) is 25.4 Å². The molecular formula is C16H22N2O. The third-order valence-electron chi connectivity index (χ3n) is 5.08. The maximum Gasteiger partial charge on any atom is 0.124 e. The Hall–Kier alpha value is -1.06. The highest BCUT2D eigenvalue weighted by molar-refractivity contribution is 5.39. The molecule has 1 saturated carbocycles. The zero-order valence-electron chi connectivity index (χ0n) is 11.4. The topological polar surface area (TPSA) is 24.5 Å². The van der Waals surface area contributed by atoms with E-state index < -0.39 is 0 Å². The summed E-state index contributed by atoms with van der Waals surface area (Å²) in [6.45, 7) is 4.29. The van der Waals surface area contributed by atoms with E-state index in [9.17, 15) is 0 Å². The first-order valence-corrected chi connectivity index (χ1v) is 7.57. The summed E-state index contributed by atoms with van der Waals surface area (Å²) in [6.07, 6.45) is 5.47. The molecule has 1 aromatic carbocycles. The zero-order valence-corrected chi connectivity index (χ0v) is 11.4. The summed E-state index contributed by atoms with van der Waals surface area (Å²) in [6, 6.07) is 9.00. The van der Waals surface area contributed by atoms with Crippen molar-refractivity contribution in [2.45, 2.75) is 37.3 Å². The van der Waals surface area contributed by atoms with Gasteiger partial charge in [-0.2, -0.15) is 0 Å². The van der Waals surface area contributed by atoms with Gasteiger partial charge in [-0.25, -0.2) is 0 Å². The predicted octanol–water partition coefficient (Wildman–Crippen LogP) is 2.34. The van der Waals surface area contributed by atoms with Gasteiger partial charge in [0.1, 0.15) is 12.4 Å². The molecule has 2 aliphatic heterocycles. The molecule has 1 unspecified atom stereocenters. The standard InChI is InChI=1S/C16H22N2O/c1-2-6-15-13(5-1)14(11-19-15)18-10-9-17-16(12-18)7-3-4-8-16/h1-2,5-6,14,17H,3-4,7-12H2. The SMILES string of the molecule is c1ccc2c(c1)OCC2N1CCNC2(CCCC2)C1. The molecule has 3 nitrogen and oxygen atoms in total. The van der Waals surface area contributed by atoms with E-state index in [-0.39, 0.29) is 0 Å². The summed E-state index contributed by atoms with van der Waals surface area (Å²) in [5.41, 5.74) is 1.79. The highest BCUT2D eigenvalue weighted by atomic mass is 16.5. The fourth-order valence-electron chi connectivity index (χ4n) is 4.09. The van der Waals surface area contributed by atoms with Gasteiger partial charge in [0.05, 0.1) is 6.04 Å². The summed E-state index contributed by atoms with van der Waals surface area (Å²) >= 11 is 0. The van der Waals surface area contributed by atoms with Crippen LogP contribution >= 0.6 is 0 Å². The second-order valence-electron chi connectivity index (χ2n) is 6.25. The monoisotopic (exact) mass is 258 g/mol. The third kappa shape index (κ3) is 1.96. The maximum absolute atomic E-state index is 5.85. The van der Waals surface area contributed by atoms with Crippen LogP contribution in [0.5, 0.6) is 5.75 Å². The van der Waals surface area contributed by atoms with E-state index >= 15 is 0 Å². The van der Waals surface area contributed by atoms with Gasteiger partial charge in [0.25, 0.3) is 0 Å². The van der Waals surface area contributed by atoms with Crippen LogP contribution < -0.4 is 10.1 Å². The molecule has 0 radical (unpaired) electrons. The first kappa shape index (κ1) is 11.7. The number of nitrogens with one attached hydrogen (secondary N) is 1. The quantitative estimate of drug-likeness (QED) is 0.837. The van der Waals surface area contributed by atoms with E-state index in [0.29, 0.717) is 11.6 Å². The zero-order chi connectivity index (χ0) is 12.7. The van der Waals surface area contributed by atoms with Crippen LogP contribution in [0.4, 0.5) is 0 Å². The number of benzene rings is 1. The predicted molar refractivity (Wildman–Crippen MR) is 75.5 cm³/mol. The van der Waals surface area contributed by atoms with E-state index in [1.54, 1.807) is 0 Å². The Morgan fingerprint density at radius 3 is 2.95 bits per heavy atom. The molecule has 1 atom stereocenters. The largest absolute Gasteiger partial charge is 0.491 e. The second-order valence-corrected chi connectivity index (χ2v) is 6.25. The van der Waals surface area contributed by atoms with Crippen LogP contribution in [0.15, 0.2) is 24.3 Å². The normalized spacial score (nSPS) is 29.4. The van der Waals surface area contributed by atoms with Gasteiger partial charge in [0.2, 0.25) is 0 Å². The van der Waals surface area contributed by atoms with E-state index in [4.69, 9.17) is 4.74 Å².